The fraction of sp³-hybridized carbons (Fsp3) is 0.933. The molecule has 2 rings (SSSR count). The molecule has 0 bridgehead atoms. The van der Waals surface area contributed by atoms with Gasteiger partial charge in [0.05, 0.1) is 6.07 Å². The maximum atomic E-state index is 9.39. The Hall–Kier alpha value is -0.200. The fourth-order valence-electron chi connectivity index (χ4n) is 3.50. The minimum atomic E-state index is -0.240. The van der Waals surface area contributed by atoms with Crippen molar-refractivity contribution in [2.45, 2.75) is 74.3 Å². The second-order valence-electron chi connectivity index (χ2n) is 6.19. The van der Waals surface area contributed by atoms with Gasteiger partial charge < -0.3 is 5.32 Å². The molecule has 0 aliphatic heterocycles. The molecule has 0 aromatic rings. The second-order valence-corrected chi connectivity index (χ2v) is 7.80. The molecule has 2 saturated carbocycles. The van der Waals surface area contributed by atoms with Crippen molar-refractivity contribution in [1.29, 1.82) is 5.26 Å². The van der Waals surface area contributed by atoms with Crippen LogP contribution in [0.25, 0.3) is 0 Å². The lowest BCUT2D eigenvalue weighted by Crippen LogP contribution is -2.46. The van der Waals surface area contributed by atoms with Gasteiger partial charge in [-0.25, -0.2) is 0 Å². The van der Waals surface area contributed by atoms with Gasteiger partial charge in [-0.1, -0.05) is 19.8 Å². The first-order chi connectivity index (χ1) is 8.67. The Balaban J connectivity index is 1.88. The molecule has 0 aromatic heterocycles. The first-order valence-electron chi connectivity index (χ1n) is 7.43. The quantitative estimate of drug-likeness (QED) is 0.845. The SMILES string of the molecule is CNC1(C#N)CCCC(SC2CCCC(C)C2)C1. The van der Waals surface area contributed by atoms with E-state index < -0.39 is 0 Å². The van der Waals surface area contributed by atoms with Gasteiger partial charge in [0.25, 0.3) is 0 Å². The molecule has 0 radical (unpaired) electrons. The number of thioether (sulfide) groups is 1. The summed E-state index contributed by atoms with van der Waals surface area (Å²) in [5, 5.41) is 14.2. The van der Waals surface area contributed by atoms with Crippen LogP contribution in [0.15, 0.2) is 0 Å². The maximum absolute atomic E-state index is 9.39. The number of nitriles is 1. The van der Waals surface area contributed by atoms with Gasteiger partial charge >= 0.3 is 0 Å². The Kier molecular flexibility index (Phi) is 4.98. The van der Waals surface area contributed by atoms with Gasteiger partial charge in [-0.3, -0.25) is 0 Å². The van der Waals surface area contributed by atoms with Crippen molar-refractivity contribution in [3.63, 3.8) is 0 Å². The summed E-state index contributed by atoms with van der Waals surface area (Å²) in [5.74, 6) is 0.907. The molecule has 0 amide bonds. The van der Waals surface area contributed by atoms with E-state index in [1.54, 1.807) is 0 Å². The molecule has 2 aliphatic carbocycles. The Bertz CT molecular complexity index is 312. The molecule has 1 N–H and O–H groups in total. The smallest absolute Gasteiger partial charge is 0.107 e. The van der Waals surface area contributed by atoms with Gasteiger partial charge in [0.2, 0.25) is 0 Å². The topological polar surface area (TPSA) is 35.8 Å². The van der Waals surface area contributed by atoms with E-state index in [1.165, 1.54) is 38.5 Å². The van der Waals surface area contributed by atoms with Crippen LogP contribution < -0.4 is 5.32 Å². The fourth-order valence-corrected chi connectivity index (χ4v) is 5.47. The van der Waals surface area contributed by atoms with Crippen LogP contribution in [0.1, 0.15) is 58.3 Å². The highest BCUT2D eigenvalue weighted by atomic mass is 32.2. The van der Waals surface area contributed by atoms with Crippen molar-refractivity contribution < 1.29 is 0 Å². The van der Waals surface area contributed by atoms with Gasteiger partial charge in [0, 0.05) is 10.5 Å². The Labute approximate surface area is 116 Å². The zero-order valence-electron chi connectivity index (χ0n) is 11.7. The zero-order chi connectivity index (χ0) is 13.0. The van der Waals surface area contributed by atoms with E-state index >= 15 is 0 Å². The summed E-state index contributed by atoms with van der Waals surface area (Å²) in [6.45, 7) is 2.39. The third kappa shape index (κ3) is 3.42. The maximum Gasteiger partial charge on any atom is 0.107 e. The highest BCUT2D eigenvalue weighted by molar-refractivity contribution is 8.00. The highest BCUT2D eigenvalue weighted by Gasteiger charge is 2.36. The predicted octanol–water partition coefficient (Wildman–Crippen LogP) is 3.72. The zero-order valence-corrected chi connectivity index (χ0v) is 12.6. The molecule has 18 heavy (non-hydrogen) atoms. The third-order valence-corrected chi connectivity index (χ3v) is 6.27. The van der Waals surface area contributed by atoms with E-state index in [-0.39, 0.29) is 5.54 Å². The lowest BCUT2D eigenvalue weighted by atomic mass is 9.83. The van der Waals surface area contributed by atoms with Gasteiger partial charge in [-0.05, 0) is 51.5 Å². The predicted molar refractivity (Wildman–Crippen MR) is 78.7 cm³/mol. The van der Waals surface area contributed by atoms with Crippen LogP contribution in [0.4, 0.5) is 0 Å². The lowest BCUT2D eigenvalue weighted by molar-refractivity contribution is 0.321. The van der Waals surface area contributed by atoms with E-state index in [2.05, 4.69) is 30.1 Å². The summed E-state index contributed by atoms with van der Waals surface area (Å²) in [6.07, 6.45) is 10.2. The van der Waals surface area contributed by atoms with Crippen molar-refractivity contribution in [1.82, 2.24) is 5.32 Å². The minimum Gasteiger partial charge on any atom is -0.302 e. The van der Waals surface area contributed by atoms with E-state index in [0.29, 0.717) is 5.25 Å². The Morgan fingerprint density at radius 1 is 1.22 bits per heavy atom. The van der Waals surface area contributed by atoms with Crippen LogP contribution >= 0.6 is 11.8 Å². The molecule has 2 fully saturated rings. The van der Waals surface area contributed by atoms with E-state index in [1.807, 2.05) is 7.05 Å². The number of nitrogens with one attached hydrogen (secondary N) is 1. The molecule has 0 spiro atoms. The second kappa shape index (κ2) is 6.30. The van der Waals surface area contributed by atoms with E-state index in [9.17, 15) is 5.26 Å². The van der Waals surface area contributed by atoms with Gasteiger partial charge in [-0.15, -0.1) is 0 Å². The largest absolute Gasteiger partial charge is 0.302 e. The van der Waals surface area contributed by atoms with Crippen molar-refractivity contribution in [2.75, 3.05) is 7.05 Å². The molecule has 102 valence electrons. The van der Waals surface area contributed by atoms with Crippen LogP contribution in [-0.4, -0.2) is 23.1 Å². The molecule has 3 heteroatoms. The number of hydrogen-bond donors (Lipinski definition) is 1. The molecule has 0 aromatic carbocycles. The first-order valence-corrected chi connectivity index (χ1v) is 8.37. The summed E-state index contributed by atoms with van der Waals surface area (Å²) < 4.78 is 0. The molecular weight excluding hydrogens is 240 g/mol. The van der Waals surface area contributed by atoms with Crippen LogP contribution in [-0.2, 0) is 0 Å². The minimum absolute atomic E-state index is 0.240. The normalized spacial score (nSPS) is 41.3. The monoisotopic (exact) mass is 266 g/mol. The third-order valence-electron chi connectivity index (χ3n) is 4.67. The van der Waals surface area contributed by atoms with Crippen molar-refractivity contribution in [3.05, 3.63) is 0 Å². The lowest BCUT2D eigenvalue weighted by Gasteiger charge is -2.37. The number of hydrogen-bond acceptors (Lipinski definition) is 3. The van der Waals surface area contributed by atoms with E-state index in [0.717, 1.165) is 24.0 Å². The molecule has 0 heterocycles. The Morgan fingerprint density at radius 3 is 2.67 bits per heavy atom. The number of nitrogens with zero attached hydrogens (tertiary/aromatic N) is 1. The summed E-state index contributed by atoms with van der Waals surface area (Å²) >= 11 is 2.19. The van der Waals surface area contributed by atoms with Gasteiger partial charge in [0.15, 0.2) is 0 Å². The molecule has 4 atom stereocenters. The summed E-state index contributed by atoms with van der Waals surface area (Å²) in [7, 11) is 1.94. The molecule has 2 nitrogen and oxygen atoms in total. The summed E-state index contributed by atoms with van der Waals surface area (Å²) in [5.41, 5.74) is -0.240. The van der Waals surface area contributed by atoms with E-state index in [4.69, 9.17) is 0 Å². The molecule has 2 aliphatic rings. The molecule has 4 unspecified atom stereocenters. The average Bonchev–Trinajstić information content (AvgIpc) is 2.39. The summed E-state index contributed by atoms with van der Waals surface area (Å²) in [6, 6.07) is 2.52. The summed E-state index contributed by atoms with van der Waals surface area (Å²) in [4.78, 5) is 0. The highest BCUT2D eigenvalue weighted by Crippen LogP contribution is 2.41. The van der Waals surface area contributed by atoms with Crippen LogP contribution in [0.5, 0.6) is 0 Å². The van der Waals surface area contributed by atoms with Crippen molar-refractivity contribution in [3.8, 4) is 6.07 Å². The van der Waals surface area contributed by atoms with Crippen LogP contribution in [0.2, 0.25) is 0 Å². The Morgan fingerprint density at radius 2 is 2.00 bits per heavy atom. The molecule has 0 saturated heterocycles. The average molecular weight is 266 g/mol. The van der Waals surface area contributed by atoms with Crippen LogP contribution in [0, 0.1) is 17.2 Å². The van der Waals surface area contributed by atoms with Crippen molar-refractivity contribution in [2.24, 2.45) is 5.92 Å². The van der Waals surface area contributed by atoms with Crippen LogP contribution in [0.3, 0.4) is 0 Å². The molecular formula is C15H26N2S. The number of rotatable bonds is 3. The first kappa shape index (κ1) is 14.2. The van der Waals surface area contributed by atoms with Gasteiger partial charge in [-0.2, -0.15) is 17.0 Å². The van der Waals surface area contributed by atoms with Gasteiger partial charge in [0.1, 0.15) is 5.54 Å². The standard InChI is InChI=1S/C15H26N2S/c1-12-5-3-6-13(9-12)18-14-7-4-8-15(10-14,11-16)17-2/h12-14,17H,3-10H2,1-2H3. The van der Waals surface area contributed by atoms with Crippen molar-refractivity contribution >= 4 is 11.8 Å².